The van der Waals surface area contributed by atoms with E-state index in [4.69, 9.17) is 9.47 Å². The average molecular weight is 393 g/mol. The number of rotatable bonds is 8. The highest BCUT2D eigenvalue weighted by Crippen LogP contribution is 2.21. The number of aromatic nitrogens is 4. The molecule has 8 nitrogen and oxygen atoms in total. The largest absolute Gasteiger partial charge is 0.491 e. The molecule has 1 aliphatic rings. The Hall–Kier alpha value is -3.26. The zero-order valence-electron chi connectivity index (χ0n) is 16.0. The molecule has 0 radical (unpaired) electrons. The lowest BCUT2D eigenvalue weighted by Crippen LogP contribution is -2.28. The fourth-order valence-electron chi connectivity index (χ4n) is 3.31. The van der Waals surface area contributed by atoms with Gasteiger partial charge >= 0.3 is 0 Å². The quantitative estimate of drug-likeness (QED) is 0.633. The van der Waals surface area contributed by atoms with Crippen LogP contribution in [0.3, 0.4) is 0 Å². The van der Waals surface area contributed by atoms with Crippen LogP contribution in [-0.2, 0) is 16.0 Å². The number of carbonyl (C=O) groups excluding carboxylic acids is 1. The molecule has 0 saturated carbocycles. The fourth-order valence-corrected chi connectivity index (χ4v) is 3.31. The van der Waals surface area contributed by atoms with Crippen molar-refractivity contribution in [2.45, 2.75) is 31.4 Å². The normalized spacial score (nSPS) is 17.0. The van der Waals surface area contributed by atoms with E-state index in [2.05, 4.69) is 20.8 Å². The van der Waals surface area contributed by atoms with Crippen LogP contribution >= 0.6 is 0 Å². The molecule has 3 aromatic rings. The predicted molar refractivity (Wildman–Crippen MR) is 107 cm³/mol. The number of benzene rings is 2. The Morgan fingerprint density at radius 3 is 2.90 bits per heavy atom. The van der Waals surface area contributed by atoms with Crippen LogP contribution in [0.1, 0.15) is 24.4 Å². The molecule has 1 amide bonds. The number of nitrogens with zero attached hydrogens (tertiary/aromatic N) is 4. The van der Waals surface area contributed by atoms with E-state index in [1.807, 2.05) is 54.6 Å². The van der Waals surface area contributed by atoms with Crippen LogP contribution < -0.4 is 10.1 Å². The minimum Gasteiger partial charge on any atom is -0.491 e. The van der Waals surface area contributed by atoms with Gasteiger partial charge in [-0.15, -0.1) is 5.10 Å². The van der Waals surface area contributed by atoms with Gasteiger partial charge in [-0.1, -0.05) is 36.4 Å². The number of ether oxygens (including phenoxy) is 2. The van der Waals surface area contributed by atoms with Crippen LogP contribution in [0, 0.1) is 0 Å². The molecule has 1 fully saturated rings. The lowest BCUT2D eigenvalue weighted by Gasteiger charge is -2.17. The topological polar surface area (TPSA) is 91.2 Å². The van der Waals surface area contributed by atoms with Gasteiger partial charge in [0.05, 0.1) is 6.10 Å². The van der Waals surface area contributed by atoms with E-state index in [9.17, 15) is 4.79 Å². The molecule has 150 valence electrons. The highest BCUT2D eigenvalue weighted by molar-refractivity contribution is 5.94. The first kappa shape index (κ1) is 19.1. The van der Waals surface area contributed by atoms with Crippen LogP contribution in [0.25, 0.3) is 0 Å². The van der Waals surface area contributed by atoms with Gasteiger partial charge in [0.15, 0.2) is 0 Å². The average Bonchev–Trinajstić information content (AvgIpc) is 3.46. The SMILES string of the molecule is O=C(Nc1cccc(OCC2CCCO2)c1)C(Cc1ccccc1)n1cnnn1. The van der Waals surface area contributed by atoms with Gasteiger partial charge < -0.3 is 14.8 Å². The zero-order valence-corrected chi connectivity index (χ0v) is 16.0. The van der Waals surface area contributed by atoms with Crippen molar-refractivity contribution in [3.05, 3.63) is 66.5 Å². The molecule has 1 aliphatic heterocycles. The molecule has 4 rings (SSSR count). The van der Waals surface area contributed by atoms with Crippen LogP contribution in [0.15, 0.2) is 60.9 Å². The van der Waals surface area contributed by atoms with Gasteiger partial charge in [0, 0.05) is 24.8 Å². The molecule has 1 aromatic heterocycles. The number of tetrazole rings is 1. The first-order valence-corrected chi connectivity index (χ1v) is 9.69. The van der Waals surface area contributed by atoms with Crippen molar-refractivity contribution in [2.75, 3.05) is 18.5 Å². The molecular formula is C21H23N5O3. The number of hydrogen-bond acceptors (Lipinski definition) is 6. The number of nitrogens with one attached hydrogen (secondary N) is 1. The molecular weight excluding hydrogens is 370 g/mol. The molecule has 2 unspecified atom stereocenters. The van der Waals surface area contributed by atoms with Gasteiger partial charge in [0.2, 0.25) is 5.91 Å². The second kappa shape index (κ2) is 9.29. The Morgan fingerprint density at radius 2 is 2.14 bits per heavy atom. The molecule has 29 heavy (non-hydrogen) atoms. The maximum atomic E-state index is 13.0. The minimum atomic E-state index is -0.566. The monoisotopic (exact) mass is 393 g/mol. The molecule has 1 saturated heterocycles. The summed E-state index contributed by atoms with van der Waals surface area (Å²) < 4.78 is 12.9. The second-order valence-corrected chi connectivity index (χ2v) is 6.96. The smallest absolute Gasteiger partial charge is 0.249 e. The van der Waals surface area contributed by atoms with Crippen molar-refractivity contribution in [2.24, 2.45) is 0 Å². The van der Waals surface area contributed by atoms with Crippen LogP contribution in [0.4, 0.5) is 5.69 Å². The zero-order chi connectivity index (χ0) is 19.9. The summed E-state index contributed by atoms with van der Waals surface area (Å²) in [6.45, 7) is 1.31. The van der Waals surface area contributed by atoms with Crippen LogP contribution in [-0.4, -0.2) is 45.4 Å². The molecule has 2 aromatic carbocycles. The summed E-state index contributed by atoms with van der Waals surface area (Å²) >= 11 is 0. The number of hydrogen-bond donors (Lipinski definition) is 1. The van der Waals surface area contributed by atoms with Gasteiger partial charge in [0.25, 0.3) is 0 Å². The molecule has 0 bridgehead atoms. The van der Waals surface area contributed by atoms with Crippen molar-refractivity contribution >= 4 is 11.6 Å². The van der Waals surface area contributed by atoms with E-state index in [1.54, 1.807) is 0 Å². The van der Waals surface area contributed by atoms with E-state index in [-0.39, 0.29) is 12.0 Å². The molecule has 2 atom stereocenters. The van der Waals surface area contributed by atoms with Gasteiger partial charge in [-0.2, -0.15) is 0 Å². The highest BCUT2D eigenvalue weighted by atomic mass is 16.5. The summed E-state index contributed by atoms with van der Waals surface area (Å²) in [7, 11) is 0. The highest BCUT2D eigenvalue weighted by Gasteiger charge is 2.23. The lowest BCUT2D eigenvalue weighted by atomic mass is 10.1. The number of anilines is 1. The Balaban J connectivity index is 1.43. The first-order valence-electron chi connectivity index (χ1n) is 9.69. The standard InChI is InChI=1S/C21H23N5O3/c27-21(20(26-15-22-24-25-26)12-16-6-2-1-3-7-16)23-17-8-4-9-18(13-17)29-14-19-10-5-11-28-19/h1-4,6-9,13,15,19-20H,5,10-12,14H2,(H,23,27). The fraction of sp³-hybridized carbons (Fsp3) is 0.333. The third-order valence-corrected chi connectivity index (χ3v) is 4.82. The van der Waals surface area contributed by atoms with Crippen molar-refractivity contribution in [1.82, 2.24) is 20.2 Å². The van der Waals surface area contributed by atoms with Crippen LogP contribution in [0.5, 0.6) is 5.75 Å². The predicted octanol–water partition coefficient (Wildman–Crippen LogP) is 2.65. The summed E-state index contributed by atoms with van der Waals surface area (Å²) in [4.78, 5) is 13.0. The Bertz CT molecular complexity index is 911. The van der Waals surface area contributed by atoms with Gasteiger partial charge in [-0.25, -0.2) is 4.68 Å². The number of amides is 1. The third kappa shape index (κ3) is 5.17. The summed E-state index contributed by atoms with van der Waals surface area (Å²) in [5.74, 6) is 0.498. The Morgan fingerprint density at radius 1 is 1.24 bits per heavy atom. The van der Waals surface area contributed by atoms with Gasteiger partial charge in [-0.05, 0) is 41.0 Å². The van der Waals surface area contributed by atoms with Crippen molar-refractivity contribution < 1.29 is 14.3 Å². The molecule has 0 aliphatic carbocycles. The summed E-state index contributed by atoms with van der Waals surface area (Å²) in [6.07, 6.45) is 4.16. The van der Waals surface area contributed by atoms with E-state index in [0.29, 0.717) is 24.5 Å². The van der Waals surface area contributed by atoms with Crippen molar-refractivity contribution in [3.8, 4) is 5.75 Å². The van der Waals surface area contributed by atoms with Crippen LogP contribution in [0.2, 0.25) is 0 Å². The molecule has 2 heterocycles. The maximum Gasteiger partial charge on any atom is 0.249 e. The molecule has 1 N–H and O–H groups in total. The minimum absolute atomic E-state index is 0.142. The van der Waals surface area contributed by atoms with E-state index < -0.39 is 6.04 Å². The molecule has 8 heteroatoms. The van der Waals surface area contributed by atoms with Crippen molar-refractivity contribution in [3.63, 3.8) is 0 Å². The summed E-state index contributed by atoms with van der Waals surface area (Å²) in [5.41, 5.74) is 1.68. The van der Waals surface area contributed by atoms with Crippen molar-refractivity contribution in [1.29, 1.82) is 0 Å². The van der Waals surface area contributed by atoms with Gasteiger partial charge in [0.1, 0.15) is 24.7 Å². The molecule has 0 spiro atoms. The van der Waals surface area contributed by atoms with E-state index in [0.717, 1.165) is 25.0 Å². The first-order chi connectivity index (χ1) is 14.3. The maximum absolute atomic E-state index is 13.0. The second-order valence-electron chi connectivity index (χ2n) is 6.96. The number of carbonyl (C=O) groups is 1. The Kier molecular flexibility index (Phi) is 6.11. The van der Waals surface area contributed by atoms with E-state index >= 15 is 0 Å². The Labute approximate surface area is 168 Å². The van der Waals surface area contributed by atoms with E-state index in [1.165, 1.54) is 11.0 Å². The third-order valence-electron chi connectivity index (χ3n) is 4.82. The lowest BCUT2D eigenvalue weighted by molar-refractivity contribution is -0.119. The summed E-state index contributed by atoms with van der Waals surface area (Å²) in [5, 5.41) is 14.2. The van der Waals surface area contributed by atoms with Gasteiger partial charge in [-0.3, -0.25) is 4.79 Å². The summed E-state index contributed by atoms with van der Waals surface area (Å²) in [6, 6.07) is 16.6.